The normalized spacial score (nSPS) is 17.3. The predicted octanol–water partition coefficient (Wildman–Crippen LogP) is 15.8. The number of aromatic nitrogens is 3. The van der Waals surface area contributed by atoms with Crippen LogP contribution >= 0.6 is 0 Å². The Labute approximate surface area is 424 Å². The van der Waals surface area contributed by atoms with Crippen molar-refractivity contribution >= 4 is 11.0 Å². The van der Waals surface area contributed by atoms with E-state index in [1.165, 1.54) is 4.57 Å². The third-order valence-corrected chi connectivity index (χ3v) is 11.4. The largest absolute Gasteiger partial charge is 0.507 e. The molecule has 328 valence electrons. The zero-order chi connectivity index (χ0) is 60.0. The molecule has 0 aliphatic carbocycles. The Balaban J connectivity index is 0.00000900. The van der Waals surface area contributed by atoms with Crippen LogP contribution in [-0.2, 0) is 37.3 Å². The van der Waals surface area contributed by atoms with Gasteiger partial charge in [0.2, 0.25) is 0 Å². The first-order chi connectivity index (χ1) is 38.0. The van der Waals surface area contributed by atoms with Crippen LogP contribution in [0.15, 0.2) is 170 Å². The van der Waals surface area contributed by atoms with Crippen LogP contribution in [0.4, 0.5) is 0 Å². The van der Waals surface area contributed by atoms with Crippen molar-refractivity contribution in [2.24, 2.45) is 0 Å². The predicted molar refractivity (Wildman–Crippen MR) is 268 cm³/mol. The molecule has 0 atom stereocenters. The second-order valence-corrected chi connectivity index (χ2v) is 17.1. The number of phenolic OH excluding ortho intramolecular Hbond substituents is 1. The maximum absolute atomic E-state index is 13.1. The maximum atomic E-state index is 13.1. The van der Waals surface area contributed by atoms with Crippen LogP contribution in [0.25, 0.3) is 83.9 Å². The summed E-state index contributed by atoms with van der Waals surface area (Å²) in [6, 6.07) is 51.6. The van der Waals surface area contributed by atoms with E-state index in [0.29, 0.717) is 39.7 Å². The summed E-state index contributed by atoms with van der Waals surface area (Å²) >= 11 is 0. The summed E-state index contributed by atoms with van der Waals surface area (Å²) in [7, 11) is 0. The molecule has 9 aromatic rings. The van der Waals surface area contributed by atoms with Gasteiger partial charge >= 0.3 is 0 Å². The molecule has 0 radical (unpaired) electrons. The van der Waals surface area contributed by atoms with Gasteiger partial charge in [0.15, 0.2) is 0 Å². The Hall–Kier alpha value is -6.35. The number of para-hydroxylation sites is 1. The van der Waals surface area contributed by atoms with Crippen LogP contribution in [0.3, 0.4) is 0 Å². The number of hydrogen-bond donors (Lipinski definition) is 1. The molecule has 2 heterocycles. The Morgan fingerprint density at radius 2 is 1.12 bits per heavy atom. The van der Waals surface area contributed by atoms with E-state index in [1.54, 1.807) is 30.5 Å². The number of imidazole rings is 1. The van der Waals surface area contributed by atoms with Gasteiger partial charge in [0, 0.05) is 63.2 Å². The Bertz CT molecular complexity index is 3770. The van der Waals surface area contributed by atoms with Crippen LogP contribution in [-0.4, -0.2) is 19.6 Å². The van der Waals surface area contributed by atoms with Gasteiger partial charge in [-0.2, -0.15) is 0 Å². The second kappa shape index (κ2) is 17.6. The molecule has 65 heavy (non-hydrogen) atoms. The first-order valence-electron chi connectivity index (χ1n) is 29.8. The van der Waals surface area contributed by atoms with Gasteiger partial charge in [-0.3, -0.25) is 9.55 Å². The van der Waals surface area contributed by atoms with E-state index in [-0.39, 0.29) is 32.1 Å². The number of hydrogen-bond acceptors (Lipinski definition) is 3. The minimum absolute atomic E-state index is 0. The molecule has 2 aromatic heterocycles. The number of rotatable bonds is 7. The number of fused-ring (bicyclic) bond motifs is 1. The molecule has 0 saturated heterocycles. The third kappa shape index (κ3) is 9.02. The molecular formula is C60H56N3OPt-. The van der Waals surface area contributed by atoms with Crippen LogP contribution in [0.1, 0.15) is 103 Å². The van der Waals surface area contributed by atoms with Crippen molar-refractivity contribution in [2.75, 3.05) is 0 Å². The van der Waals surface area contributed by atoms with Crippen molar-refractivity contribution in [3.63, 3.8) is 0 Å². The molecule has 7 aromatic carbocycles. The Morgan fingerprint density at radius 3 is 1.74 bits per heavy atom. The van der Waals surface area contributed by atoms with Crippen LogP contribution < -0.4 is 0 Å². The van der Waals surface area contributed by atoms with Gasteiger partial charge in [0.1, 0.15) is 11.6 Å². The topological polar surface area (TPSA) is 50.9 Å². The molecule has 4 nitrogen and oxygen atoms in total. The molecule has 1 N–H and O–H groups in total. The molecule has 0 aliphatic rings. The zero-order valence-electron chi connectivity index (χ0n) is 53.8. The van der Waals surface area contributed by atoms with Crippen molar-refractivity contribution < 1.29 is 50.8 Å². The summed E-state index contributed by atoms with van der Waals surface area (Å²) in [4.78, 5) is 9.98. The molecular weight excluding hydrogens is 974 g/mol. The standard InChI is InChI=1S/C60H56N3O.Pt/c1-58(2,3)47-37-49(56(64)51(38-47)60(7,8)9)57-62-55-48(26-19-27-54(55)63(57)53-29-28-42(35-50(53)59(4,5)6)39-20-13-10-14-21-39)45-32-44(41-24-17-12-18-25-41)33-46(34-45)52-36-43(30-31-61-52)40-22-15-11-16-23-40;/h10-33,35-38,64H,1-9H3;/q-1;/i1D3,2D3,3D3,7D3,8D3,9D3;. The van der Waals surface area contributed by atoms with Gasteiger partial charge in [-0.05, 0) is 85.5 Å². The van der Waals surface area contributed by atoms with Crippen LogP contribution in [0.5, 0.6) is 5.75 Å². The van der Waals surface area contributed by atoms with Gasteiger partial charge < -0.3 is 5.11 Å². The van der Waals surface area contributed by atoms with Gasteiger partial charge in [-0.1, -0.05) is 200 Å². The van der Waals surface area contributed by atoms with Crippen molar-refractivity contribution in [1.82, 2.24) is 14.5 Å². The molecule has 5 heteroatoms. The summed E-state index contributed by atoms with van der Waals surface area (Å²) in [6.45, 7) is -18.8. The van der Waals surface area contributed by atoms with Crippen molar-refractivity contribution in [1.29, 1.82) is 0 Å². The summed E-state index contributed by atoms with van der Waals surface area (Å²) in [5.41, 5.74) is -4.03. The molecule has 0 bridgehead atoms. The van der Waals surface area contributed by atoms with Gasteiger partial charge in [-0.25, -0.2) is 4.98 Å². The number of pyridine rings is 1. The average Bonchev–Trinajstić information content (AvgIpc) is 2.27. The Kier molecular flexibility index (Phi) is 7.52. The molecule has 0 unspecified atom stereocenters. The van der Waals surface area contributed by atoms with Crippen molar-refractivity contribution in [2.45, 2.75) is 78.1 Å². The van der Waals surface area contributed by atoms with Crippen molar-refractivity contribution in [3.05, 3.63) is 193 Å². The molecule has 0 aliphatic heterocycles. The fraction of sp³-hybridized carbons (Fsp3) is 0.200. The van der Waals surface area contributed by atoms with Crippen LogP contribution in [0, 0.1) is 6.07 Å². The molecule has 0 spiro atoms. The molecule has 0 amide bonds. The second-order valence-electron chi connectivity index (χ2n) is 17.1. The number of nitrogens with zero attached hydrogens (tertiary/aromatic N) is 3. The van der Waals surface area contributed by atoms with Gasteiger partial charge in [0.05, 0.1) is 22.3 Å². The minimum atomic E-state index is -4.14. The fourth-order valence-electron chi connectivity index (χ4n) is 8.23. The minimum Gasteiger partial charge on any atom is -0.507 e. The fourth-order valence-corrected chi connectivity index (χ4v) is 8.23. The SMILES string of the molecule is [2H]C([2H])([2H])C(c1cc(-c2nc3c(-c4[c-]c(-c5cc(-c6ccccc6)ccn5)cc(-c5ccccc5)c4)cccc3n2-c2ccc(-c3ccccc3)cc2C(C)(C)C)c(O)c(C(C([2H])([2H])[2H])(C([2H])([2H])[2H])C([2H])([2H])[2H])c1)(C([2H])([2H])[2H])C([2H])([2H])[2H].[Pt]. The van der Waals surface area contributed by atoms with Crippen LogP contribution in [0.2, 0.25) is 0 Å². The first-order valence-corrected chi connectivity index (χ1v) is 20.8. The van der Waals surface area contributed by atoms with E-state index in [9.17, 15) is 5.11 Å². The first kappa shape index (κ1) is 27.9. The quantitative estimate of drug-likeness (QED) is 0.162. The molecule has 0 fully saturated rings. The average molecular weight is 1050 g/mol. The number of phenols is 1. The summed E-state index contributed by atoms with van der Waals surface area (Å²) in [5.74, 6) is -1.77. The van der Waals surface area contributed by atoms with E-state index in [0.717, 1.165) is 39.4 Å². The molecule has 0 saturated carbocycles. The number of aromatic hydroxyl groups is 1. The summed E-state index contributed by atoms with van der Waals surface area (Å²) in [6.07, 6.45) is 1.69. The Morgan fingerprint density at radius 1 is 0.523 bits per heavy atom. The van der Waals surface area contributed by atoms with Crippen molar-refractivity contribution in [3.8, 4) is 78.6 Å². The van der Waals surface area contributed by atoms with E-state index in [4.69, 9.17) is 34.6 Å². The summed E-state index contributed by atoms with van der Waals surface area (Å²) in [5, 5.41) is 13.1. The smallest absolute Gasteiger partial charge is 0.148 e. The van der Waals surface area contributed by atoms with E-state index >= 15 is 0 Å². The summed E-state index contributed by atoms with van der Waals surface area (Å²) < 4.78 is 160. The van der Waals surface area contributed by atoms with Gasteiger partial charge in [-0.15, -0.1) is 23.8 Å². The monoisotopic (exact) mass is 1050 g/mol. The van der Waals surface area contributed by atoms with E-state index in [2.05, 4.69) is 6.07 Å². The van der Waals surface area contributed by atoms with Gasteiger partial charge in [0.25, 0.3) is 0 Å². The van der Waals surface area contributed by atoms with E-state index in [1.807, 2.05) is 148 Å². The number of benzene rings is 7. The van der Waals surface area contributed by atoms with E-state index < -0.39 is 85.6 Å². The molecule has 9 rings (SSSR count). The zero-order valence-corrected chi connectivity index (χ0v) is 38.0. The third-order valence-electron chi connectivity index (χ3n) is 11.4. The maximum Gasteiger partial charge on any atom is 0.148 e.